The SMILES string of the molecule is CCCNC(Cc1ccncc1)c1ccc(C)c(F)c1. The number of halogens is 1. The van der Waals surface area contributed by atoms with Crippen LogP contribution in [0.3, 0.4) is 0 Å². The van der Waals surface area contributed by atoms with Gasteiger partial charge in [-0.25, -0.2) is 4.39 Å². The summed E-state index contributed by atoms with van der Waals surface area (Å²) in [6.07, 6.45) is 5.48. The molecular formula is C17H21FN2. The van der Waals surface area contributed by atoms with Crippen LogP contribution < -0.4 is 5.32 Å². The number of aryl methyl sites for hydroxylation is 1. The summed E-state index contributed by atoms with van der Waals surface area (Å²) in [5, 5.41) is 3.49. The van der Waals surface area contributed by atoms with Gasteiger partial charge in [-0.15, -0.1) is 0 Å². The minimum absolute atomic E-state index is 0.132. The van der Waals surface area contributed by atoms with Crippen LogP contribution in [0.15, 0.2) is 42.7 Å². The Balaban J connectivity index is 2.20. The van der Waals surface area contributed by atoms with Crippen molar-refractivity contribution in [2.75, 3.05) is 6.54 Å². The van der Waals surface area contributed by atoms with E-state index in [0.717, 1.165) is 24.9 Å². The zero-order valence-corrected chi connectivity index (χ0v) is 12.1. The summed E-state index contributed by atoms with van der Waals surface area (Å²) in [6.45, 7) is 4.84. The quantitative estimate of drug-likeness (QED) is 0.865. The van der Waals surface area contributed by atoms with E-state index in [4.69, 9.17) is 0 Å². The lowest BCUT2D eigenvalue weighted by Gasteiger charge is -2.19. The Labute approximate surface area is 120 Å². The molecule has 106 valence electrons. The average Bonchev–Trinajstić information content (AvgIpc) is 2.47. The second-order valence-corrected chi connectivity index (χ2v) is 5.07. The van der Waals surface area contributed by atoms with E-state index in [-0.39, 0.29) is 11.9 Å². The fourth-order valence-electron chi connectivity index (χ4n) is 2.21. The van der Waals surface area contributed by atoms with Crippen LogP contribution in [0.1, 0.15) is 36.1 Å². The topological polar surface area (TPSA) is 24.9 Å². The van der Waals surface area contributed by atoms with Gasteiger partial charge in [0.1, 0.15) is 5.82 Å². The Morgan fingerprint density at radius 1 is 1.20 bits per heavy atom. The minimum Gasteiger partial charge on any atom is -0.310 e. The number of rotatable bonds is 6. The molecule has 1 N–H and O–H groups in total. The van der Waals surface area contributed by atoms with Gasteiger partial charge in [0.15, 0.2) is 0 Å². The highest BCUT2D eigenvalue weighted by Crippen LogP contribution is 2.20. The molecule has 2 aromatic rings. The van der Waals surface area contributed by atoms with Crippen molar-refractivity contribution in [1.29, 1.82) is 0 Å². The summed E-state index contributed by atoms with van der Waals surface area (Å²) in [5.41, 5.74) is 2.89. The highest BCUT2D eigenvalue weighted by molar-refractivity contribution is 5.27. The maximum absolute atomic E-state index is 13.8. The largest absolute Gasteiger partial charge is 0.310 e. The van der Waals surface area contributed by atoms with Crippen LogP contribution in [-0.2, 0) is 6.42 Å². The number of nitrogens with one attached hydrogen (secondary N) is 1. The van der Waals surface area contributed by atoms with Gasteiger partial charge in [0.05, 0.1) is 0 Å². The van der Waals surface area contributed by atoms with E-state index in [1.807, 2.05) is 24.3 Å². The van der Waals surface area contributed by atoms with Crippen LogP contribution in [-0.4, -0.2) is 11.5 Å². The highest BCUT2D eigenvalue weighted by Gasteiger charge is 2.13. The maximum atomic E-state index is 13.8. The van der Waals surface area contributed by atoms with Crippen molar-refractivity contribution in [1.82, 2.24) is 10.3 Å². The lowest BCUT2D eigenvalue weighted by molar-refractivity contribution is 0.523. The molecule has 3 heteroatoms. The molecule has 0 aliphatic rings. The molecule has 0 saturated carbocycles. The third-order valence-corrected chi connectivity index (χ3v) is 3.43. The Hall–Kier alpha value is -1.74. The van der Waals surface area contributed by atoms with Crippen LogP contribution in [0.5, 0.6) is 0 Å². The smallest absolute Gasteiger partial charge is 0.126 e. The van der Waals surface area contributed by atoms with Gasteiger partial charge in [-0.3, -0.25) is 4.98 Å². The molecule has 0 aliphatic carbocycles. The van der Waals surface area contributed by atoms with Gasteiger partial charge >= 0.3 is 0 Å². The van der Waals surface area contributed by atoms with E-state index >= 15 is 0 Å². The lowest BCUT2D eigenvalue weighted by atomic mass is 9.98. The van der Waals surface area contributed by atoms with Crippen LogP contribution in [0.2, 0.25) is 0 Å². The third-order valence-electron chi connectivity index (χ3n) is 3.43. The van der Waals surface area contributed by atoms with E-state index in [2.05, 4.69) is 17.2 Å². The normalized spacial score (nSPS) is 12.3. The molecule has 1 aromatic heterocycles. The van der Waals surface area contributed by atoms with Gasteiger partial charge in [0, 0.05) is 18.4 Å². The predicted octanol–water partition coefficient (Wildman–Crippen LogP) is 3.81. The number of pyridine rings is 1. The highest BCUT2D eigenvalue weighted by atomic mass is 19.1. The summed E-state index contributed by atoms with van der Waals surface area (Å²) in [5.74, 6) is -0.138. The van der Waals surface area contributed by atoms with Crippen molar-refractivity contribution >= 4 is 0 Å². The van der Waals surface area contributed by atoms with Gasteiger partial charge in [-0.1, -0.05) is 19.1 Å². The molecule has 2 rings (SSSR count). The second kappa shape index (κ2) is 7.15. The fraction of sp³-hybridized carbons (Fsp3) is 0.353. The molecule has 0 spiro atoms. The monoisotopic (exact) mass is 272 g/mol. The summed E-state index contributed by atoms with van der Waals surface area (Å²) >= 11 is 0. The van der Waals surface area contributed by atoms with Gasteiger partial charge in [-0.05, 0) is 61.2 Å². The molecule has 1 aromatic carbocycles. The third kappa shape index (κ3) is 3.87. The Kier molecular flexibility index (Phi) is 5.24. The maximum Gasteiger partial charge on any atom is 0.126 e. The second-order valence-electron chi connectivity index (χ2n) is 5.07. The Bertz CT molecular complexity index is 540. The molecule has 20 heavy (non-hydrogen) atoms. The van der Waals surface area contributed by atoms with Crippen molar-refractivity contribution in [3.05, 3.63) is 65.2 Å². The molecule has 1 unspecified atom stereocenters. The number of aromatic nitrogens is 1. The van der Waals surface area contributed by atoms with Crippen molar-refractivity contribution < 1.29 is 4.39 Å². The summed E-state index contributed by atoms with van der Waals surface area (Å²) in [4.78, 5) is 4.03. The molecule has 0 radical (unpaired) electrons. The van der Waals surface area contributed by atoms with Gasteiger partial charge in [-0.2, -0.15) is 0 Å². The lowest BCUT2D eigenvalue weighted by Crippen LogP contribution is -2.24. The summed E-state index contributed by atoms with van der Waals surface area (Å²) < 4.78 is 13.8. The van der Waals surface area contributed by atoms with E-state index < -0.39 is 0 Å². The first-order chi connectivity index (χ1) is 9.70. The number of benzene rings is 1. The Morgan fingerprint density at radius 3 is 2.60 bits per heavy atom. The van der Waals surface area contributed by atoms with Crippen molar-refractivity contribution in [2.45, 2.75) is 32.7 Å². The van der Waals surface area contributed by atoms with Crippen molar-refractivity contribution in [3.63, 3.8) is 0 Å². The van der Waals surface area contributed by atoms with E-state index in [1.165, 1.54) is 5.56 Å². The van der Waals surface area contributed by atoms with Crippen LogP contribution in [0.25, 0.3) is 0 Å². The van der Waals surface area contributed by atoms with E-state index in [1.54, 1.807) is 25.4 Å². The Morgan fingerprint density at radius 2 is 1.95 bits per heavy atom. The number of hydrogen-bond acceptors (Lipinski definition) is 2. The first-order valence-corrected chi connectivity index (χ1v) is 7.09. The zero-order valence-electron chi connectivity index (χ0n) is 12.1. The number of hydrogen-bond donors (Lipinski definition) is 1. The van der Waals surface area contributed by atoms with Gasteiger partial charge in [0.25, 0.3) is 0 Å². The van der Waals surface area contributed by atoms with Crippen LogP contribution in [0, 0.1) is 12.7 Å². The van der Waals surface area contributed by atoms with Crippen molar-refractivity contribution in [2.24, 2.45) is 0 Å². The molecule has 0 saturated heterocycles. The molecule has 1 atom stereocenters. The molecule has 0 amide bonds. The minimum atomic E-state index is -0.138. The van der Waals surface area contributed by atoms with Gasteiger partial charge < -0.3 is 5.32 Å². The first kappa shape index (κ1) is 14.7. The van der Waals surface area contributed by atoms with Crippen molar-refractivity contribution in [3.8, 4) is 0 Å². The molecule has 0 bridgehead atoms. The molecule has 2 nitrogen and oxygen atoms in total. The number of nitrogens with zero attached hydrogens (tertiary/aromatic N) is 1. The molecule has 1 heterocycles. The van der Waals surface area contributed by atoms with E-state index in [9.17, 15) is 4.39 Å². The summed E-state index contributed by atoms with van der Waals surface area (Å²) in [6, 6.07) is 9.64. The predicted molar refractivity (Wildman–Crippen MR) is 80.1 cm³/mol. The first-order valence-electron chi connectivity index (χ1n) is 7.09. The summed E-state index contributed by atoms with van der Waals surface area (Å²) in [7, 11) is 0. The molecule has 0 aliphatic heterocycles. The molecule has 0 fully saturated rings. The molecular weight excluding hydrogens is 251 g/mol. The average molecular weight is 272 g/mol. The zero-order chi connectivity index (χ0) is 14.4. The standard InChI is InChI=1S/C17H21FN2/c1-3-8-20-17(11-14-6-9-19-10-7-14)15-5-4-13(2)16(18)12-15/h4-7,9-10,12,17,20H,3,8,11H2,1-2H3. The van der Waals surface area contributed by atoms with Crippen LogP contribution in [0.4, 0.5) is 4.39 Å². The van der Waals surface area contributed by atoms with E-state index in [0.29, 0.717) is 5.56 Å². The fourth-order valence-corrected chi connectivity index (χ4v) is 2.21. The van der Waals surface area contributed by atoms with Gasteiger partial charge in [0.2, 0.25) is 0 Å². The van der Waals surface area contributed by atoms with Crippen LogP contribution >= 0.6 is 0 Å².